The molecule has 0 amide bonds. The second kappa shape index (κ2) is 22.9. The van der Waals surface area contributed by atoms with Gasteiger partial charge in [0, 0.05) is 0 Å². The second-order valence-corrected chi connectivity index (χ2v) is 46.8. The van der Waals surface area contributed by atoms with Crippen molar-refractivity contribution in [3.63, 3.8) is 0 Å². The van der Waals surface area contributed by atoms with Gasteiger partial charge in [0.1, 0.15) is 0 Å². The first kappa shape index (κ1) is 63.3. The molecule has 466 valence electrons. The van der Waals surface area contributed by atoms with Crippen molar-refractivity contribution >= 4 is 40.9 Å². The van der Waals surface area contributed by atoms with Crippen molar-refractivity contribution in [2.45, 2.75) is 193 Å². The van der Waals surface area contributed by atoms with Gasteiger partial charge in [-0.25, -0.2) is 0 Å². The monoisotopic (exact) mass is 1310 g/mol. The van der Waals surface area contributed by atoms with Crippen LogP contribution in [0.1, 0.15) is 222 Å². The van der Waals surface area contributed by atoms with Gasteiger partial charge < -0.3 is 0 Å². The molecular formula is C86H102Ge2O2. The summed E-state index contributed by atoms with van der Waals surface area (Å²) in [5.41, 5.74) is 24.5. The van der Waals surface area contributed by atoms with Gasteiger partial charge in [-0.05, 0) is 0 Å². The van der Waals surface area contributed by atoms with Crippen molar-refractivity contribution in [1.29, 1.82) is 0 Å². The van der Waals surface area contributed by atoms with Crippen LogP contribution in [0.4, 0.5) is 0 Å². The Balaban J connectivity index is 1.35. The molecule has 0 radical (unpaired) electrons. The summed E-state index contributed by atoms with van der Waals surface area (Å²) in [4.78, 5) is 6.66. The van der Waals surface area contributed by atoms with E-state index >= 15 is 0 Å². The standard InChI is InChI=1S/C86H102Ge2O2/c1-50(2)60-36-27-37-61(51(3)4)74(60)67-42-30-43-68(75-62(52(5)6)38-28-39-63(75)53(7)8)80(67)87-48-73(85(18)78(83(85)90-20)59-34-25-22-26-35-59)88(49-72(87)84(17)77(82(84)89-19)58-32-23-21-24-33-58)81-69(76-64(54(9)10)40-29-41-65(76)55(11)12)44-31-45-70(81)79-66(56(13)14)46-47-71(87)86(79,88)57(15)16/h21-57,71,77-78,82-83H,1-20H3/t71-,77+,78-,82-,83+,84-,85+,86-,87-,88-/m0/s1. The zero-order valence-electron chi connectivity index (χ0n) is 58.1. The van der Waals surface area contributed by atoms with Gasteiger partial charge in [-0.1, -0.05) is 0 Å². The maximum atomic E-state index is 7.26. The predicted octanol–water partition coefficient (Wildman–Crippen LogP) is 21.9. The molecule has 0 saturated heterocycles. The van der Waals surface area contributed by atoms with Crippen LogP contribution in [0.15, 0.2) is 188 Å². The molecule has 1 spiro atoms. The first-order chi connectivity index (χ1) is 43.0. The van der Waals surface area contributed by atoms with Crippen molar-refractivity contribution < 1.29 is 9.47 Å². The summed E-state index contributed by atoms with van der Waals surface area (Å²) >= 11 is -9.04. The van der Waals surface area contributed by atoms with E-state index < -0.39 is 26.5 Å². The summed E-state index contributed by atoms with van der Waals surface area (Å²) in [5.74, 6) is 2.76. The Hall–Kier alpha value is -5.49. The summed E-state index contributed by atoms with van der Waals surface area (Å²) in [7, 11) is 4.09. The van der Waals surface area contributed by atoms with Gasteiger partial charge in [-0.15, -0.1) is 0 Å². The molecule has 4 heterocycles. The summed E-state index contributed by atoms with van der Waals surface area (Å²) in [6.07, 6.45) is 5.68. The minimum absolute atomic E-state index is 0.00980. The Morgan fingerprint density at radius 1 is 0.378 bits per heavy atom. The second-order valence-electron chi connectivity index (χ2n) is 31.1. The van der Waals surface area contributed by atoms with Gasteiger partial charge >= 0.3 is 552 Å². The van der Waals surface area contributed by atoms with Gasteiger partial charge in [-0.3, -0.25) is 0 Å². The van der Waals surface area contributed by atoms with Gasteiger partial charge in [0.2, 0.25) is 0 Å². The molecule has 4 heteroatoms. The zero-order chi connectivity index (χ0) is 64.1. The number of methoxy groups -OCH3 is 2. The van der Waals surface area contributed by atoms with Crippen molar-refractivity contribution in [3.8, 4) is 33.4 Å². The quantitative estimate of drug-likeness (QED) is 0.0797. The van der Waals surface area contributed by atoms with Crippen LogP contribution in [-0.4, -0.2) is 53.0 Å². The number of benzene rings is 7. The molecule has 7 aromatic rings. The first-order valence-electron chi connectivity index (χ1n) is 34.7. The average molecular weight is 1310 g/mol. The fourth-order valence-corrected chi connectivity index (χ4v) is 63.9. The normalized spacial score (nSPS) is 27.9. The first-order valence-corrected chi connectivity index (χ1v) is 43.6. The SMILES string of the molecule is CO[C@@H]1[C@H](c2ccccc2)[C@@]1(C)[C]1=[CH][Ge@@]2([c]3c(-c4c(C(C)C)cccc4C(C)C)cccc3-c3c(C(C)C)cccc3C(C)C)[C]([C@@]3(C)[C@H](c4ccccc4)[C@@H]3OC)=[CH][Ge@@]13[c]1c(cccc1-c1c(C(C)C)cccc1C(C)C)C1=C(C(C)C)C=C[C@H]2[C@@]13C(C)C. The van der Waals surface area contributed by atoms with E-state index in [0.717, 1.165) is 0 Å². The van der Waals surface area contributed by atoms with Crippen LogP contribution in [0.2, 0.25) is 9.00 Å². The molecule has 0 N–H and O–H groups in total. The Bertz CT molecular complexity index is 3930. The van der Waals surface area contributed by atoms with Crippen LogP contribution in [-0.2, 0) is 9.47 Å². The van der Waals surface area contributed by atoms with Crippen LogP contribution in [0.5, 0.6) is 0 Å². The van der Waals surface area contributed by atoms with E-state index in [1.165, 1.54) is 77.9 Å². The van der Waals surface area contributed by atoms with Gasteiger partial charge in [0.15, 0.2) is 0 Å². The summed E-state index contributed by atoms with van der Waals surface area (Å²) in [5, 5.41) is 0. The molecule has 2 nitrogen and oxygen atoms in total. The van der Waals surface area contributed by atoms with E-state index in [9.17, 15) is 0 Å². The molecule has 2 bridgehead atoms. The molecule has 90 heavy (non-hydrogen) atoms. The van der Waals surface area contributed by atoms with Gasteiger partial charge in [0.05, 0.1) is 0 Å². The van der Waals surface area contributed by atoms with E-state index in [4.69, 9.17) is 9.47 Å². The fraction of sp³-hybridized carbons (Fsp3) is 0.419. The van der Waals surface area contributed by atoms with Crippen molar-refractivity contribution in [2.24, 2.45) is 22.7 Å². The zero-order valence-corrected chi connectivity index (χ0v) is 62.3. The van der Waals surface area contributed by atoms with Gasteiger partial charge in [0.25, 0.3) is 0 Å². The van der Waals surface area contributed by atoms with Crippen molar-refractivity contribution in [2.75, 3.05) is 14.2 Å². The summed E-state index contributed by atoms with van der Waals surface area (Å²) < 4.78 is 21.4. The van der Waals surface area contributed by atoms with E-state index in [1.807, 2.05) is 14.2 Å². The van der Waals surface area contributed by atoms with Crippen LogP contribution in [0, 0.1) is 22.7 Å². The third-order valence-electron chi connectivity index (χ3n) is 23.9. The molecule has 7 aromatic carbocycles. The summed E-state index contributed by atoms with van der Waals surface area (Å²) in [6, 6.07) is 60.8. The Labute approximate surface area is 547 Å². The molecule has 0 aromatic heterocycles. The molecule has 2 fully saturated rings. The topological polar surface area (TPSA) is 18.5 Å². The third-order valence-corrected chi connectivity index (χ3v) is 51.5. The molecule has 14 rings (SSSR count). The number of allylic oxidation sites excluding steroid dienone is 4. The molecule has 7 aliphatic rings. The number of hydrogen-bond donors (Lipinski definition) is 0. The fourth-order valence-electron chi connectivity index (χ4n) is 20.2. The van der Waals surface area contributed by atoms with E-state index in [2.05, 4.69) is 298 Å². The van der Waals surface area contributed by atoms with Gasteiger partial charge in [-0.2, -0.15) is 0 Å². The van der Waals surface area contributed by atoms with Crippen LogP contribution in [0.25, 0.3) is 39.0 Å². The van der Waals surface area contributed by atoms with E-state index in [0.29, 0.717) is 41.4 Å². The minimum atomic E-state index is -4.61. The number of fused-ring (bicyclic) bond motifs is 2. The van der Waals surface area contributed by atoms with E-state index in [-0.39, 0.29) is 49.8 Å². The molecule has 4 aliphatic heterocycles. The Morgan fingerprint density at radius 3 is 1.09 bits per heavy atom. The number of hydrogen-bond acceptors (Lipinski definition) is 2. The third kappa shape index (κ3) is 8.60. The Kier molecular flexibility index (Phi) is 16.1. The number of rotatable bonds is 18. The molecule has 3 aliphatic carbocycles. The number of ether oxygens (including phenoxy) is 2. The summed E-state index contributed by atoms with van der Waals surface area (Å²) in [6.45, 7) is 45.2. The molecular weight excluding hydrogens is 1210 g/mol. The average Bonchev–Trinajstić information content (AvgIpc) is 1.33. The van der Waals surface area contributed by atoms with Crippen molar-refractivity contribution in [3.05, 3.63) is 238 Å². The predicted molar refractivity (Wildman–Crippen MR) is 389 cm³/mol. The molecule has 10 atom stereocenters. The van der Waals surface area contributed by atoms with E-state index in [1.54, 1.807) is 34.3 Å². The van der Waals surface area contributed by atoms with Crippen LogP contribution < -0.4 is 8.79 Å². The molecule has 2 saturated carbocycles. The maximum absolute atomic E-state index is 7.26. The van der Waals surface area contributed by atoms with Crippen LogP contribution >= 0.6 is 0 Å². The molecule has 0 unspecified atom stereocenters. The Morgan fingerprint density at radius 2 is 0.733 bits per heavy atom. The van der Waals surface area contributed by atoms with Crippen molar-refractivity contribution in [1.82, 2.24) is 0 Å². The van der Waals surface area contributed by atoms with Crippen LogP contribution in [0.3, 0.4) is 0 Å².